The second kappa shape index (κ2) is 11.1. The van der Waals surface area contributed by atoms with Gasteiger partial charge in [0.15, 0.2) is 0 Å². The maximum Gasteiger partial charge on any atom is 0.416 e. The smallest absolute Gasteiger partial charge is 0.352 e. The minimum atomic E-state index is -4.69. The van der Waals surface area contributed by atoms with Crippen molar-refractivity contribution in [3.63, 3.8) is 0 Å². The first-order valence-electron chi connectivity index (χ1n) is 10.9. The molecule has 0 bridgehead atoms. The Morgan fingerprint density at radius 3 is 2.14 bits per heavy atom. The highest BCUT2D eigenvalue weighted by atomic mass is 32.2. The molecule has 1 N–H and O–H groups in total. The van der Waals surface area contributed by atoms with Crippen LogP contribution in [0.1, 0.15) is 37.5 Å². The molecule has 0 radical (unpaired) electrons. The second-order valence-electron chi connectivity index (χ2n) is 8.66. The molecule has 0 aliphatic carbocycles. The Morgan fingerprint density at radius 1 is 1.03 bits per heavy atom. The van der Waals surface area contributed by atoms with Gasteiger partial charge in [0.05, 0.1) is 17.5 Å². The van der Waals surface area contributed by atoms with Crippen molar-refractivity contribution in [2.45, 2.75) is 52.5 Å². The van der Waals surface area contributed by atoms with E-state index in [0.717, 1.165) is 24.0 Å². The molecule has 0 heterocycles. The van der Waals surface area contributed by atoms with Crippen LogP contribution in [0.2, 0.25) is 0 Å². The summed E-state index contributed by atoms with van der Waals surface area (Å²) in [7, 11) is -4.13. The van der Waals surface area contributed by atoms with E-state index in [1.54, 1.807) is 26.0 Å². The monoisotopic (exact) mass is 513 g/mol. The van der Waals surface area contributed by atoms with E-state index in [-0.39, 0.29) is 18.3 Å². The summed E-state index contributed by atoms with van der Waals surface area (Å²) in [6.07, 6.45) is -3.89. The van der Waals surface area contributed by atoms with Gasteiger partial charge >= 0.3 is 6.18 Å². The van der Waals surface area contributed by atoms with Gasteiger partial charge in [-0.1, -0.05) is 35.9 Å². The minimum absolute atomic E-state index is 0.00594. The number of anilines is 1. The molecule has 2 rings (SSSR count). The summed E-state index contributed by atoms with van der Waals surface area (Å²) in [6, 6.07) is 9.82. The predicted octanol–water partition coefficient (Wildman–Crippen LogP) is 3.72. The van der Waals surface area contributed by atoms with Crippen LogP contribution in [0.15, 0.2) is 48.5 Å². The molecule has 7 nitrogen and oxygen atoms in total. The molecule has 0 aliphatic heterocycles. The van der Waals surface area contributed by atoms with Crippen LogP contribution in [0.5, 0.6) is 0 Å². The third-order valence-corrected chi connectivity index (χ3v) is 6.35. The standard InChI is InChI=1S/C24H30F3N3O4S/c1-16(2)28-23(32)18(4)29(14-19-11-9-17(3)10-12-19)22(31)15-30(35(5,33)34)21-8-6-7-20(13-21)24(25,26)27/h6-13,16,18H,14-15H2,1-5H3,(H,28,32)/t18-/m0/s1. The van der Waals surface area contributed by atoms with E-state index in [1.807, 2.05) is 19.1 Å². The Balaban J connectivity index is 2.43. The number of rotatable bonds is 9. The van der Waals surface area contributed by atoms with Crippen molar-refractivity contribution >= 4 is 27.5 Å². The van der Waals surface area contributed by atoms with Crippen molar-refractivity contribution in [2.75, 3.05) is 17.1 Å². The minimum Gasteiger partial charge on any atom is -0.352 e. The first kappa shape index (κ1) is 28.2. The number of carbonyl (C=O) groups is 2. The predicted molar refractivity (Wildman–Crippen MR) is 128 cm³/mol. The first-order chi connectivity index (χ1) is 16.1. The number of hydrogen-bond donors (Lipinski definition) is 1. The molecule has 192 valence electrons. The molecule has 0 spiro atoms. The molecule has 0 fully saturated rings. The molecule has 0 unspecified atom stereocenters. The summed E-state index contributed by atoms with van der Waals surface area (Å²) in [5, 5.41) is 2.72. The summed E-state index contributed by atoms with van der Waals surface area (Å²) < 4.78 is 65.2. The molecule has 0 aromatic heterocycles. The lowest BCUT2D eigenvalue weighted by atomic mass is 10.1. The summed E-state index contributed by atoms with van der Waals surface area (Å²) in [5.41, 5.74) is 0.352. The molecular weight excluding hydrogens is 483 g/mol. The third kappa shape index (κ3) is 7.98. The van der Waals surface area contributed by atoms with Gasteiger partial charge in [-0.05, 0) is 51.5 Å². The van der Waals surface area contributed by atoms with E-state index in [1.165, 1.54) is 17.9 Å². The fraction of sp³-hybridized carbons (Fsp3) is 0.417. The van der Waals surface area contributed by atoms with Gasteiger partial charge in [0.2, 0.25) is 21.8 Å². The molecule has 35 heavy (non-hydrogen) atoms. The Kier molecular flexibility index (Phi) is 8.94. The van der Waals surface area contributed by atoms with Crippen molar-refractivity contribution in [2.24, 2.45) is 0 Å². The average molecular weight is 514 g/mol. The first-order valence-corrected chi connectivity index (χ1v) is 12.7. The van der Waals surface area contributed by atoms with Gasteiger partial charge in [0.25, 0.3) is 0 Å². The van der Waals surface area contributed by atoms with E-state index in [2.05, 4.69) is 5.32 Å². The Hall–Kier alpha value is -3.08. The zero-order chi connectivity index (χ0) is 26.6. The Morgan fingerprint density at radius 2 is 1.63 bits per heavy atom. The van der Waals surface area contributed by atoms with Gasteiger partial charge in [-0.25, -0.2) is 8.42 Å². The van der Waals surface area contributed by atoms with E-state index < -0.39 is 46.2 Å². The second-order valence-corrected chi connectivity index (χ2v) is 10.6. The summed E-state index contributed by atoms with van der Waals surface area (Å²) in [5.74, 6) is -1.18. The largest absolute Gasteiger partial charge is 0.416 e. The number of carbonyl (C=O) groups excluding carboxylic acids is 2. The van der Waals surface area contributed by atoms with Crippen molar-refractivity contribution < 1.29 is 31.2 Å². The fourth-order valence-electron chi connectivity index (χ4n) is 3.33. The van der Waals surface area contributed by atoms with Crippen LogP contribution in [0.4, 0.5) is 18.9 Å². The van der Waals surface area contributed by atoms with Crippen molar-refractivity contribution in [1.29, 1.82) is 0 Å². The van der Waals surface area contributed by atoms with Crippen LogP contribution < -0.4 is 9.62 Å². The average Bonchev–Trinajstić information content (AvgIpc) is 2.74. The van der Waals surface area contributed by atoms with Crippen LogP contribution >= 0.6 is 0 Å². The zero-order valence-electron chi connectivity index (χ0n) is 20.3. The number of amides is 2. The topological polar surface area (TPSA) is 86.8 Å². The number of nitrogens with zero attached hydrogens (tertiary/aromatic N) is 2. The number of hydrogen-bond acceptors (Lipinski definition) is 4. The summed E-state index contributed by atoms with van der Waals surface area (Å²) in [6.45, 7) is 6.16. The van der Waals surface area contributed by atoms with Crippen LogP contribution in [0, 0.1) is 6.92 Å². The highest BCUT2D eigenvalue weighted by Gasteiger charge is 2.33. The number of aryl methyl sites for hydroxylation is 1. The SMILES string of the molecule is Cc1ccc(CN(C(=O)CN(c2cccc(C(F)(F)F)c2)S(C)(=O)=O)[C@@H](C)C(=O)NC(C)C)cc1. The lowest BCUT2D eigenvalue weighted by Gasteiger charge is -2.32. The van der Waals surface area contributed by atoms with Crippen LogP contribution in [0.3, 0.4) is 0 Å². The lowest BCUT2D eigenvalue weighted by molar-refractivity contribution is -0.139. The summed E-state index contributed by atoms with van der Waals surface area (Å²) in [4.78, 5) is 27.3. The number of halogens is 3. The van der Waals surface area contributed by atoms with Crippen LogP contribution in [-0.4, -0.2) is 50.0 Å². The van der Waals surface area contributed by atoms with Gasteiger partial charge in [0, 0.05) is 12.6 Å². The van der Waals surface area contributed by atoms with E-state index in [9.17, 15) is 31.2 Å². The zero-order valence-corrected chi connectivity index (χ0v) is 21.1. The quantitative estimate of drug-likeness (QED) is 0.554. The van der Waals surface area contributed by atoms with Gasteiger partial charge in [-0.15, -0.1) is 0 Å². The number of benzene rings is 2. The van der Waals surface area contributed by atoms with Crippen LogP contribution in [-0.2, 0) is 32.3 Å². The Labute approximate surface area is 204 Å². The summed E-state index contributed by atoms with van der Waals surface area (Å²) >= 11 is 0. The van der Waals surface area contributed by atoms with E-state index in [4.69, 9.17) is 0 Å². The van der Waals surface area contributed by atoms with Gasteiger partial charge in [-0.2, -0.15) is 13.2 Å². The number of sulfonamides is 1. The lowest BCUT2D eigenvalue weighted by Crippen LogP contribution is -2.52. The highest BCUT2D eigenvalue weighted by Crippen LogP contribution is 2.32. The van der Waals surface area contributed by atoms with Gasteiger partial charge in [0.1, 0.15) is 12.6 Å². The molecule has 0 aliphatic rings. The fourth-order valence-corrected chi connectivity index (χ4v) is 4.17. The number of alkyl halides is 3. The maximum atomic E-state index is 13.4. The molecule has 2 amide bonds. The third-order valence-electron chi connectivity index (χ3n) is 5.21. The van der Waals surface area contributed by atoms with Crippen molar-refractivity contribution in [3.8, 4) is 0 Å². The Bertz CT molecular complexity index is 1150. The molecule has 11 heteroatoms. The van der Waals surface area contributed by atoms with Crippen molar-refractivity contribution in [3.05, 3.63) is 65.2 Å². The molecule has 2 aromatic carbocycles. The molecule has 1 atom stereocenters. The van der Waals surface area contributed by atoms with Gasteiger partial charge in [-0.3, -0.25) is 13.9 Å². The van der Waals surface area contributed by atoms with Crippen LogP contribution in [0.25, 0.3) is 0 Å². The molecule has 0 saturated carbocycles. The molecule has 0 saturated heterocycles. The van der Waals surface area contributed by atoms with Gasteiger partial charge < -0.3 is 10.2 Å². The van der Waals surface area contributed by atoms with E-state index in [0.29, 0.717) is 15.9 Å². The normalized spacial score (nSPS) is 12.8. The maximum absolute atomic E-state index is 13.4. The molecular formula is C24H30F3N3O4S. The highest BCUT2D eigenvalue weighted by molar-refractivity contribution is 7.92. The number of nitrogens with one attached hydrogen (secondary N) is 1. The molecule has 2 aromatic rings. The van der Waals surface area contributed by atoms with Crippen molar-refractivity contribution in [1.82, 2.24) is 10.2 Å². The van der Waals surface area contributed by atoms with E-state index >= 15 is 0 Å².